The van der Waals surface area contributed by atoms with E-state index in [9.17, 15) is 13.5 Å². The molecule has 0 aromatic rings. The molecule has 2 saturated heterocycles. The van der Waals surface area contributed by atoms with Crippen LogP contribution in [0, 0.1) is 5.41 Å². The first-order valence-electron chi connectivity index (χ1n) is 7.23. The Balaban J connectivity index is 2.05. The average molecular weight is 305 g/mol. The van der Waals surface area contributed by atoms with Crippen LogP contribution in [0.1, 0.15) is 26.7 Å². The average Bonchev–Trinajstić information content (AvgIpc) is 2.71. The maximum atomic E-state index is 12.6. The van der Waals surface area contributed by atoms with Gasteiger partial charge in [-0.2, -0.15) is 17.0 Å². The predicted octanol–water partition coefficient (Wildman–Crippen LogP) is -0.0401. The van der Waals surface area contributed by atoms with Gasteiger partial charge in [0.05, 0.1) is 12.1 Å². The van der Waals surface area contributed by atoms with Crippen LogP contribution in [0.2, 0.25) is 0 Å². The van der Waals surface area contributed by atoms with Crippen molar-refractivity contribution in [1.29, 1.82) is 0 Å². The number of aliphatic hydroxyl groups is 1. The van der Waals surface area contributed by atoms with E-state index in [0.717, 1.165) is 12.8 Å². The molecule has 2 fully saturated rings. The molecule has 0 aliphatic carbocycles. The number of hydrogen-bond acceptors (Lipinski definition) is 4. The first-order valence-corrected chi connectivity index (χ1v) is 8.63. The van der Waals surface area contributed by atoms with Crippen molar-refractivity contribution in [3.8, 4) is 0 Å². The number of piperidine rings is 1. The normalized spacial score (nSPS) is 32.9. The van der Waals surface area contributed by atoms with E-state index < -0.39 is 16.3 Å². The van der Waals surface area contributed by atoms with Crippen LogP contribution >= 0.6 is 0 Å². The summed E-state index contributed by atoms with van der Waals surface area (Å²) in [5, 5.41) is 10.0. The summed E-state index contributed by atoms with van der Waals surface area (Å²) >= 11 is 0. The number of nitrogens with zero attached hydrogens (tertiary/aromatic N) is 3. The van der Waals surface area contributed by atoms with E-state index >= 15 is 0 Å². The fourth-order valence-electron chi connectivity index (χ4n) is 2.92. The van der Waals surface area contributed by atoms with Gasteiger partial charge in [-0.15, -0.1) is 0 Å². The van der Waals surface area contributed by atoms with Gasteiger partial charge in [0.1, 0.15) is 0 Å². The molecule has 2 rings (SSSR count). The number of rotatable bonds is 3. The lowest BCUT2D eigenvalue weighted by Gasteiger charge is -2.37. The number of hydrogen-bond donors (Lipinski definition) is 1. The van der Waals surface area contributed by atoms with Crippen molar-refractivity contribution >= 4 is 10.2 Å². The Bertz CT molecular complexity index is 440. The van der Waals surface area contributed by atoms with Crippen molar-refractivity contribution in [3.63, 3.8) is 0 Å². The molecule has 2 aliphatic heterocycles. The topological polar surface area (TPSA) is 64.1 Å². The highest BCUT2D eigenvalue weighted by atomic mass is 32.2. The van der Waals surface area contributed by atoms with Crippen molar-refractivity contribution in [3.05, 3.63) is 0 Å². The van der Waals surface area contributed by atoms with Gasteiger partial charge in [0.25, 0.3) is 10.2 Å². The van der Waals surface area contributed by atoms with Crippen molar-refractivity contribution < 1.29 is 13.5 Å². The van der Waals surface area contributed by atoms with Gasteiger partial charge in [0.2, 0.25) is 0 Å². The van der Waals surface area contributed by atoms with E-state index in [0.29, 0.717) is 19.6 Å². The molecule has 0 saturated carbocycles. The Kier molecular flexibility index (Phi) is 4.47. The smallest absolute Gasteiger partial charge is 0.282 e. The highest BCUT2D eigenvalue weighted by molar-refractivity contribution is 7.86. The molecule has 2 heterocycles. The monoisotopic (exact) mass is 305 g/mol. The Labute approximate surface area is 122 Å². The van der Waals surface area contributed by atoms with E-state index in [2.05, 4.69) is 13.8 Å². The largest absolute Gasteiger partial charge is 0.390 e. The molecule has 6 nitrogen and oxygen atoms in total. The van der Waals surface area contributed by atoms with Crippen LogP contribution in [0.15, 0.2) is 0 Å². The molecule has 2 atom stereocenters. The maximum Gasteiger partial charge on any atom is 0.282 e. The van der Waals surface area contributed by atoms with E-state index in [1.807, 2.05) is 19.0 Å². The van der Waals surface area contributed by atoms with Crippen molar-refractivity contribution in [2.75, 3.05) is 40.3 Å². The van der Waals surface area contributed by atoms with Crippen molar-refractivity contribution in [2.45, 2.75) is 38.8 Å². The molecule has 118 valence electrons. The molecule has 0 amide bonds. The SMILES string of the molecule is CN(C)C1CN(S(=O)(=O)N2CCC(C)(C)CC2)CC1O. The zero-order chi connectivity index (χ0) is 15.1. The Morgan fingerprint density at radius 1 is 1.10 bits per heavy atom. The maximum absolute atomic E-state index is 12.6. The quantitative estimate of drug-likeness (QED) is 0.795. The first-order chi connectivity index (χ1) is 9.13. The van der Waals surface area contributed by atoms with Gasteiger partial charge < -0.3 is 10.0 Å². The second-order valence-corrected chi connectivity index (χ2v) is 8.91. The van der Waals surface area contributed by atoms with E-state index in [1.54, 1.807) is 4.31 Å². The highest BCUT2D eigenvalue weighted by Gasteiger charge is 2.42. The molecule has 1 N–H and O–H groups in total. The Hall–Kier alpha value is -0.210. The molecule has 0 aromatic carbocycles. The van der Waals surface area contributed by atoms with Crippen LogP contribution in [0.4, 0.5) is 0 Å². The van der Waals surface area contributed by atoms with Gasteiger partial charge in [0, 0.05) is 26.2 Å². The molecule has 0 radical (unpaired) electrons. The summed E-state index contributed by atoms with van der Waals surface area (Å²) in [6.45, 7) is 6.09. The van der Waals surface area contributed by atoms with Gasteiger partial charge >= 0.3 is 0 Å². The molecule has 7 heteroatoms. The molecule has 2 unspecified atom stereocenters. The van der Waals surface area contributed by atoms with E-state index in [-0.39, 0.29) is 18.0 Å². The number of likely N-dealkylation sites (N-methyl/N-ethyl adjacent to an activating group) is 1. The number of aliphatic hydroxyl groups excluding tert-OH is 1. The summed E-state index contributed by atoms with van der Waals surface area (Å²) in [7, 11) is 0.306. The molecular weight excluding hydrogens is 278 g/mol. The third kappa shape index (κ3) is 3.17. The Morgan fingerprint density at radius 2 is 1.65 bits per heavy atom. The molecule has 20 heavy (non-hydrogen) atoms. The van der Waals surface area contributed by atoms with Crippen LogP contribution in [0.25, 0.3) is 0 Å². The van der Waals surface area contributed by atoms with Crippen LogP contribution in [0.3, 0.4) is 0 Å². The molecule has 2 aliphatic rings. The van der Waals surface area contributed by atoms with Crippen molar-refractivity contribution in [1.82, 2.24) is 13.5 Å². The zero-order valence-corrected chi connectivity index (χ0v) is 13.7. The lowest BCUT2D eigenvalue weighted by molar-refractivity contribution is 0.113. The van der Waals surface area contributed by atoms with E-state index in [4.69, 9.17) is 0 Å². The minimum absolute atomic E-state index is 0.119. The van der Waals surface area contributed by atoms with Gasteiger partial charge in [0.15, 0.2) is 0 Å². The van der Waals surface area contributed by atoms with Crippen LogP contribution in [0.5, 0.6) is 0 Å². The lowest BCUT2D eigenvalue weighted by Crippen LogP contribution is -2.48. The summed E-state index contributed by atoms with van der Waals surface area (Å²) in [5.74, 6) is 0. The highest BCUT2D eigenvalue weighted by Crippen LogP contribution is 2.32. The summed E-state index contributed by atoms with van der Waals surface area (Å²) < 4.78 is 28.3. The van der Waals surface area contributed by atoms with Crippen LogP contribution in [-0.4, -0.2) is 79.5 Å². The summed E-state index contributed by atoms with van der Waals surface area (Å²) in [4.78, 5) is 1.89. The minimum atomic E-state index is -3.43. The first kappa shape index (κ1) is 16.2. The third-order valence-electron chi connectivity index (χ3n) is 4.62. The van der Waals surface area contributed by atoms with Crippen LogP contribution in [-0.2, 0) is 10.2 Å². The third-order valence-corrected chi connectivity index (χ3v) is 6.59. The molecule has 0 bridgehead atoms. The second kappa shape index (κ2) is 5.53. The predicted molar refractivity (Wildman–Crippen MR) is 78.6 cm³/mol. The standard InChI is InChI=1S/C13H27N3O3S/c1-13(2)5-7-15(8-6-13)20(18,19)16-9-11(14(3)4)12(17)10-16/h11-12,17H,5-10H2,1-4H3. The number of β-amino-alcohol motifs (C(OH)–C–C–N with tert-alkyl or cyclic N) is 1. The minimum Gasteiger partial charge on any atom is -0.390 e. The fourth-order valence-corrected chi connectivity index (χ4v) is 4.57. The second-order valence-electron chi connectivity index (χ2n) is 6.99. The molecular formula is C13H27N3O3S. The van der Waals surface area contributed by atoms with Crippen molar-refractivity contribution in [2.24, 2.45) is 5.41 Å². The van der Waals surface area contributed by atoms with Gasteiger partial charge in [-0.1, -0.05) is 13.8 Å². The summed E-state index contributed by atoms with van der Waals surface area (Å²) in [6, 6.07) is -0.119. The summed E-state index contributed by atoms with van der Waals surface area (Å²) in [5.41, 5.74) is 0.225. The fraction of sp³-hybridized carbons (Fsp3) is 1.00. The van der Waals surface area contributed by atoms with Gasteiger partial charge in [-0.3, -0.25) is 0 Å². The van der Waals surface area contributed by atoms with Gasteiger partial charge in [-0.05, 0) is 32.4 Å². The zero-order valence-electron chi connectivity index (χ0n) is 12.9. The molecule has 0 aromatic heterocycles. The Morgan fingerprint density at radius 3 is 2.10 bits per heavy atom. The lowest BCUT2D eigenvalue weighted by atomic mass is 9.83. The molecule has 0 spiro atoms. The summed E-state index contributed by atoms with van der Waals surface area (Å²) in [6.07, 6.45) is 1.17. The van der Waals surface area contributed by atoms with E-state index in [1.165, 1.54) is 4.31 Å². The van der Waals surface area contributed by atoms with Gasteiger partial charge in [-0.25, -0.2) is 0 Å². The van der Waals surface area contributed by atoms with Crippen LogP contribution < -0.4 is 0 Å².